The lowest BCUT2D eigenvalue weighted by molar-refractivity contribution is -0.132. The van der Waals surface area contributed by atoms with Crippen molar-refractivity contribution >= 4 is 17.0 Å². The summed E-state index contributed by atoms with van der Waals surface area (Å²) in [5, 5.41) is 4.70. The van der Waals surface area contributed by atoms with E-state index in [-0.39, 0.29) is 12.5 Å². The summed E-state index contributed by atoms with van der Waals surface area (Å²) in [7, 11) is 1.65. The standard InChI is InChI=1S/C21H21N5O5/c1-29-9-8-26-16-6-7-24(10-14(16)20(23-26)15-12-30-13-22-15)19(27)11-25-17-4-2-3-5-18(17)31-21(25)28/h2-5,12-13H,6-11H2,1H3. The minimum atomic E-state index is -0.539. The van der Waals surface area contributed by atoms with Gasteiger partial charge in [-0.1, -0.05) is 12.1 Å². The predicted molar refractivity (Wildman–Crippen MR) is 109 cm³/mol. The van der Waals surface area contributed by atoms with E-state index in [4.69, 9.17) is 18.7 Å². The maximum Gasteiger partial charge on any atom is 0.420 e. The summed E-state index contributed by atoms with van der Waals surface area (Å²) in [5.41, 5.74) is 4.39. The van der Waals surface area contributed by atoms with Crippen LogP contribution < -0.4 is 5.76 Å². The number of aromatic nitrogens is 4. The largest absolute Gasteiger partial charge is 0.451 e. The molecule has 0 saturated heterocycles. The molecule has 1 aliphatic heterocycles. The highest BCUT2D eigenvalue weighted by atomic mass is 16.5. The van der Waals surface area contributed by atoms with Crippen LogP contribution in [0.15, 0.2) is 50.6 Å². The molecule has 0 spiro atoms. The molecular formula is C21H21N5O5. The Morgan fingerprint density at radius 1 is 1.29 bits per heavy atom. The molecule has 0 unspecified atom stereocenters. The molecule has 0 fully saturated rings. The first-order valence-electron chi connectivity index (χ1n) is 9.98. The average molecular weight is 423 g/mol. The molecule has 3 aromatic heterocycles. The molecule has 0 atom stereocenters. The van der Waals surface area contributed by atoms with Gasteiger partial charge in [0.25, 0.3) is 0 Å². The SMILES string of the molecule is COCCn1nc(-c2cocn2)c2c1CCN(C(=O)Cn1c(=O)oc3ccccc31)C2. The summed E-state index contributed by atoms with van der Waals surface area (Å²) in [4.78, 5) is 31.3. The van der Waals surface area contributed by atoms with Crippen LogP contribution in [0.5, 0.6) is 0 Å². The third kappa shape index (κ3) is 3.44. The van der Waals surface area contributed by atoms with Gasteiger partial charge in [0.2, 0.25) is 5.91 Å². The van der Waals surface area contributed by atoms with E-state index < -0.39 is 5.76 Å². The van der Waals surface area contributed by atoms with E-state index in [0.717, 1.165) is 11.3 Å². The molecule has 1 amide bonds. The molecule has 10 nitrogen and oxygen atoms in total. The third-order valence-electron chi connectivity index (χ3n) is 5.54. The minimum absolute atomic E-state index is 0.0811. The lowest BCUT2D eigenvalue weighted by atomic mass is 10.0. The second-order valence-corrected chi connectivity index (χ2v) is 7.35. The van der Waals surface area contributed by atoms with Gasteiger partial charge in [-0.3, -0.25) is 14.0 Å². The third-order valence-corrected chi connectivity index (χ3v) is 5.54. The van der Waals surface area contributed by atoms with Crippen molar-refractivity contribution in [2.75, 3.05) is 20.3 Å². The van der Waals surface area contributed by atoms with Crippen LogP contribution in [0.4, 0.5) is 0 Å². The van der Waals surface area contributed by atoms with Gasteiger partial charge in [-0.05, 0) is 12.1 Å². The van der Waals surface area contributed by atoms with Crippen LogP contribution in [0.3, 0.4) is 0 Å². The van der Waals surface area contributed by atoms with Gasteiger partial charge >= 0.3 is 5.76 Å². The molecule has 1 aromatic carbocycles. The fourth-order valence-corrected chi connectivity index (χ4v) is 4.00. The summed E-state index contributed by atoms with van der Waals surface area (Å²) in [6.07, 6.45) is 3.55. The Hall–Kier alpha value is -3.66. The summed E-state index contributed by atoms with van der Waals surface area (Å²) in [5.74, 6) is -0.696. The molecule has 10 heteroatoms. The molecule has 0 radical (unpaired) electrons. The zero-order valence-electron chi connectivity index (χ0n) is 17.0. The molecule has 31 heavy (non-hydrogen) atoms. The molecule has 160 valence electrons. The van der Waals surface area contributed by atoms with Crippen molar-refractivity contribution in [1.82, 2.24) is 24.2 Å². The number of benzene rings is 1. The van der Waals surface area contributed by atoms with Crippen LogP contribution >= 0.6 is 0 Å². The van der Waals surface area contributed by atoms with Gasteiger partial charge in [-0.15, -0.1) is 0 Å². The van der Waals surface area contributed by atoms with Crippen molar-refractivity contribution in [2.45, 2.75) is 26.1 Å². The van der Waals surface area contributed by atoms with E-state index in [1.165, 1.54) is 11.0 Å². The van der Waals surface area contributed by atoms with Gasteiger partial charge in [0.05, 0.1) is 18.7 Å². The number of oxazole rings is 2. The number of carbonyl (C=O) groups is 1. The molecule has 4 heterocycles. The number of amides is 1. The quantitative estimate of drug-likeness (QED) is 0.464. The van der Waals surface area contributed by atoms with E-state index in [2.05, 4.69) is 4.98 Å². The Labute approximate surface area is 176 Å². The van der Waals surface area contributed by atoms with Crippen molar-refractivity contribution in [3.63, 3.8) is 0 Å². The van der Waals surface area contributed by atoms with Crippen LogP contribution in [0.25, 0.3) is 22.5 Å². The zero-order valence-corrected chi connectivity index (χ0v) is 17.0. The topological polar surface area (TPSA) is 109 Å². The van der Waals surface area contributed by atoms with Gasteiger partial charge in [0.1, 0.15) is 24.2 Å². The molecule has 0 N–H and O–H groups in total. The average Bonchev–Trinajstić information content (AvgIpc) is 3.50. The number of fused-ring (bicyclic) bond motifs is 2. The van der Waals surface area contributed by atoms with Crippen molar-refractivity contribution in [3.8, 4) is 11.4 Å². The van der Waals surface area contributed by atoms with Crippen molar-refractivity contribution in [3.05, 3.63) is 58.7 Å². The molecule has 0 saturated carbocycles. The summed E-state index contributed by atoms with van der Waals surface area (Å²) < 4.78 is 18.9. The molecule has 1 aliphatic rings. The van der Waals surface area contributed by atoms with Crippen LogP contribution in [-0.4, -0.2) is 50.4 Å². The molecular weight excluding hydrogens is 402 g/mol. The molecule has 0 bridgehead atoms. The molecule has 5 rings (SSSR count). The van der Waals surface area contributed by atoms with E-state index in [1.54, 1.807) is 36.5 Å². The van der Waals surface area contributed by atoms with E-state index in [1.807, 2.05) is 10.7 Å². The first kappa shape index (κ1) is 19.3. The molecule has 0 aliphatic carbocycles. The maximum atomic E-state index is 13.1. The first-order valence-corrected chi connectivity index (χ1v) is 9.98. The van der Waals surface area contributed by atoms with Gasteiger partial charge in [0, 0.05) is 37.9 Å². The number of hydrogen-bond donors (Lipinski definition) is 0. The van der Waals surface area contributed by atoms with Gasteiger partial charge < -0.3 is 18.5 Å². The van der Waals surface area contributed by atoms with E-state index in [9.17, 15) is 9.59 Å². The van der Waals surface area contributed by atoms with Gasteiger partial charge in [-0.2, -0.15) is 5.10 Å². The van der Waals surface area contributed by atoms with Crippen LogP contribution in [-0.2, 0) is 35.6 Å². The second-order valence-electron chi connectivity index (χ2n) is 7.35. The summed E-state index contributed by atoms with van der Waals surface area (Å²) >= 11 is 0. The lowest BCUT2D eigenvalue weighted by Gasteiger charge is -2.28. The Kier molecular flexibility index (Phi) is 4.91. The smallest absolute Gasteiger partial charge is 0.420 e. The zero-order chi connectivity index (χ0) is 21.4. The van der Waals surface area contributed by atoms with E-state index in [0.29, 0.717) is 55.1 Å². The number of nitrogens with zero attached hydrogens (tertiary/aromatic N) is 5. The Morgan fingerprint density at radius 2 is 2.16 bits per heavy atom. The van der Waals surface area contributed by atoms with Crippen molar-refractivity contribution in [1.29, 1.82) is 0 Å². The normalized spacial score (nSPS) is 13.6. The maximum absolute atomic E-state index is 13.1. The van der Waals surface area contributed by atoms with Gasteiger partial charge in [-0.25, -0.2) is 9.78 Å². The predicted octanol–water partition coefficient (Wildman–Crippen LogP) is 1.68. The summed E-state index contributed by atoms with van der Waals surface area (Å²) in [6, 6.07) is 7.08. The van der Waals surface area contributed by atoms with Crippen LogP contribution in [0, 0.1) is 0 Å². The number of hydrogen-bond acceptors (Lipinski definition) is 7. The number of carbonyl (C=O) groups excluding carboxylic acids is 1. The Morgan fingerprint density at radius 3 is 2.97 bits per heavy atom. The number of para-hydroxylation sites is 2. The highest BCUT2D eigenvalue weighted by Crippen LogP contribution is 2.29. The van der Waals surface area contributed by atoms with Crippen LogP contribution in [0.1, 0.15) is 11.3 Å². The minimum Gasteiger partial charge on any atom is -0.451 e. The highest BCUT2D eigenvalue weighted by molar-refractivity contribution is 5.80. The number of methoxy groups -OCH3 is 1. The van der Waals surface area contributed by atoms with E-state index >= 15 is 0 Å². The Bertz CT molecular complexity index is 1280. The fourth-order valence-electron chi connectivity index (χ4n) is 4.00. The van der Waals surface area contributed by atoms with Gasteiger partial charge in [0.15, 0.2) is 12.0 Å². The second kappa shape index (κ2) is 7.88. The number of ether oxygens (including phenoxy) is 1. The fraction of sp³-hybridized carbons (Fsp3) is 0.333. The summed E-state index contributed by atoms with van der Waals surface area (Å²) in [6.45, 7) is 1.98. The Balaban J connectivity index is 1.43. The van der Waals surface area contributed by atoms with Crippen molar-refractivity contribution in [2.24, 2.45) is 0 Å². The monoisotopic (exact) mass is 423 g/mol. The van der Waals surface area contributed by atoms with Crippen molar-refractivity contribution < 1.29 is 18.4 Å². The molecule has 4 aromatic rings. The highest BCUT2D eigenvalue weighted by Gasteiger charge is 2.29. The lowest BCUT2D eigenvalue weighted by Crippen LogP contribution is -2.39. The number of rotatable bonds is 6. The first-order chi connectivity index (χ1) is 15.2. The van der Waals surface area contributed by atoms with Crippen LogP contribution in [0.2, 0.25) is 0 Å².